The Hall–Kier alpha value is -1.75. The number of hydrogen-bond acceptors (Lipinski definition) is 3. The van der Waals surface area contributed by atoms with Crippen molar-refractivity contribution in [3.05, 3.63) is 47.3 Å². The Bertz CT molecular complexity index is 663. The van der Waals surface area contributed by atoms with Gasteiger partial charge in [0.2, 0.25) is 0 Å². The van der Waals surface area contributed by atoms with E-state index in [0.29, 0.717) is 12.4 Å². The van der Waals surface area contributed by atoms with Gasteiger partial charge in [0.1, 0.15) is 17.5 Å². The van der Waals surface area contributed by atoms with E-state index in [1.807, 2.05) is 19.1 Å². The van der Waals surface area contributed by atoms with Crippen LogP contribution >= 0.6 is 0 Å². The maximum absolute atomic E-state index is 13.2. The molecule has 0 spiro atoms. The molecule has 1 fully saturated rings. The number of hydrogen-bond donors (Lipinski definition) is 1. The fourth-order valence-electron chi connectivity index (χ4n) is 3.38. The molecule has 0 unspecified atom stereocenters. The van der Waals surface area contributed by atoms with Gasteiger partial charge in [-0.05, 0) is 36.5 Å². The van der Waals surface area contributed by atoms with Gasteiger partial charge in [-0.25, -0.2) is 14.1 Å². The number of aliphatic hydroxyl groups excluding tert-OH is 1. The third-order valence-electron chi connectivity index (χ3n) is 4.55. The minimum absolute atomic E-state index is 0.0235. The van der Waals surface area contributed by atoms with E-state index >= 15 is 0 Å². The molecule has 0 saturated heterocycles. The Balaban J connectivity index is 2.13. The lowest BCUT2D eigenvalue weighted by Crippen LogP contribution is -2.23. The lowest BCUT2D eigenvalue weighted by Gasteiger charge is -2.21. The third kappa shape index (κ3) is 2.07. The first kappa shape index (κ1) is 14.2. The zero-order chi connectivity index (χ0) is 15.3. The van der Waals surface area contributed by atoms with Crippen molar-refractivity contribution in [3.63, 3.8) is 0 Å². The van der Waals surface area contributed by atoms with Crippen molar-refractivity contribution in [2.24, 2.45) is 5.41 Å². The van der Waals surface area contributed by atoms with Crippen LogP contribution in [0, 0.1) is 18.2 Å². The largest absolute Gasteiger partial charge is 0.394 e. The second-order valence-electron chi connectivity index (χ2n) is 6.40. The summed E-state index contributed by atoms with van der Waals surface area (Å²) in [6.45, 7) is 6.67. The monoisotopic (exact) mass is 289 g/mol. The van der Waals surface area contributed by atoms with E-state index in [4.69, 9.17) is 0 Å². The fraction of sp³-hybridized carbons (Fsp3) is 0.500. The molecule has 1 N–H and O–H groups in total. The molecule has 2 aromatic rings. The van der Waals surface area contributed by atoms with E-state index in [2.05, 4.69) is 23.9 Å². The molecular weight excluding hydrogens is 269 g/mol. The Kier molecular flexibility index (Phi) is 3.13. The standard InChI is InChI=1S/C16H20FN3O/c1-11-18-14(20(19-11)8-9-21)16(10-15(16,2)3)12-4-6-13(17)7-5-12/h4-7,21H,8-10H2,1-3H3/t16-/m0/s1. The van der Waals surface area contributed by atoms with Crippen molar-refractivity contribution in [1.82, 2.24) is 14.8 Å². The molecule has 1 aliphatic carbocycles. The molecule has 1 heterocycles. The van der Waals surface area contributed by atoms with Gasteiger partial charge < -0.3 is 5.11 Å². The van der Waals surface area contributed by atoms with E-state index in [-0.39, 0.29) is 23.3 Å². The lowest BCUT2D eigenvalue weighted by molar-refractivity contribution is 0.264. The minimum atomic E-state index is -0.253. The molecule has 21 heavy (non-hydrogen) atoms. The highest BCUT2D eigenvalue weighted by Gasteiger charge is 2.65. The van der Waals surface area contributed by atoms with E-state index in [0.717, 1.165) is 17.8 Å². The van der Waals surface area contributed by atoms with Crippen molar-refractivity contribution in [1.29, 1.82) is 0 Å². The molecule has 1 atom stereocenters. The summed E-state index contributed by atoms with van der Waals surface area (Å²) in [4.78, 5) is 4.60. The minimum Gasteiger partial charge on any atom is -0.394 e. The van der Waals surface area contributed by atoms with Crippen LogP contribution in [0.3, 0.4) is 0 Å². The molecule has 112 valence electrons. The van der Waals surface area contributed by atoms with E-state index in [9.17, 15) is 9.50 Å². The number of halogens is 1. The molecular formula is C16H20FN3O. The molecule has 3 rings (SSSR count). The molecule has 1 saturated carbocycles. The van der Waals surface area contributed by atoms with Gasteiger partial charge in [0.15, 0.2) is 0 Å². The van der Waals surface area contributed by atoms with Crippen molar-refractivity contribution in [2.45, 2.75) is 39.2 Å². The Morgan fingerprint density at radius 1 is 1.29 bits per heavy atom. The Morgan fingerprint density at radius 3 is 2.43 bits per heavy atom. The molecule has 5 heteroatoms. The summed E-state index contributed by atoms with van der Waals surface area (Å²) in [7, 11) is 0. The molecule has 4 nitrogen and oxygen atoms in total. The van der Waals surface area contributed by atoms with Crippen LogP contribution in [0.1, 0.15) is 37.5 Å². The summed E-state index contributed by atoms with van der Waals surface area (Å²) < 4.78 is 15.0. The van der Waals surface area contributed by atoms with Crippen molar-refractivity contribution >= 4 is 0 Å². The zero-order valence-electron chi connectivity index (χ0n) is 12.6. The molecule has 1 aliphatic rings. The smallest absolute Gasteiger partial charge is 0.147 e. The van der Waals surface area contributed by atoms with Crippen LogP contribution in [0.2, 0.25) is 0 Å². The first-order chi connectivity index (χ1) is 9.90. The summed E-state index contributed by atoms with van der Waals surface area (Å²) >= 11 is 0. The van der Waals surface area contributed by atoms with Gasteiger partial charge in [-0.2, -0.15) is 5.10 Å². The van der Waals surface area contributed by atoms with Gasteiger partial charge in [0.05, 0.1) is 18.6 Å². The van der Waals surface area contributed by atoms with E-state index < -0.39 is 0 Å². The van der Waals surface area contributed by atoms with Crippen LogP contribution in [0.15, 0.2) is 24.3 Å². The van der Waals surface area contributed by atoms with Crippen LogP contribution in [-0.2, 0) is 12.0 Å². The van der Waals surface area contributed by atoms with Gasteiger partial charge in [0.25, 0.3) is 0 Å². The first-order valence-corrected chi connectivity index (χ1v) is 7.19. The second-order valence-corrected chi connectivity index (χ2v) is 6.40. The molecule has 0 bridgehead atoms. The number of aryl methyl sites for hydroxylation is 1. The Labute approximate surface area is 123 Å². The Morgan fingerprint density at radius 2 is 1.90 bits per heavy atom. The van der Waals surface area contributed by atoms with Crippen molar-refractivity contribution in [3.8, 4) is 0 Å². The summed E-state index contributed by atoms with van der Waals surface area (Å²) in [5, 5.41) is 13.6. The average Bonchev–Trinajstić information content (AvgIpc) is 2.81. The van der Waals surface area contributed by atoms with Crippen molar-refractivity contribution < 1.29 is 9.50 Å². The quantitative estimate of drug-likeness (QED) is 0.940. The average molecular weight is 289 g/mol. The first-order valence-electron chi connectivity index (χ1n) is 7.19. The van der Waals surface area contributed by atoms with Crippen LogP contribution in [0.4, 0.5) is 4.39 Å². The molecule has 1 aromatic carbocycles. The van der Waals surface area contributed by atoms with Crippen LogP contribution in [0.5, 0.6) is 0 Å². The number of nitrogens with zero attached hydrogens (tertiary/aromatic N) is 3. The second kappa shape index (κ2) is 4.63. The van der Waals surface area contributed by atoms with Crippen molar-refractivity contribution in [2.75, 3.05) is 6.61 Å². The lowest BCUT2D eigenvalue weighted by atomic mass is 9.87. The van der Waals surface area contributed by atoms with Crippen LogP contribution < -0.4 is 0 Å². The fourth-order valence-corrected chi connectivity index (χ4v) is 3.38. The van der Waals surface area contributed by atoms with Gasteiger partial charge in [0, 0.05) is 0 Å². The maximum atomic E-state index is 13.2. The molecule has 0 radical (unpaired) electrons. The molecule has 0 aliphatic heterocycles. The highest BCUT2D eigenvalue weighted by molar-refractivity contribution is 5.45. The molecule has 1 aromatic heterocycles. The topological polar surface area (TPSA) is 50.9 Å². The third-order valence-corrected chi connectivity index (χ3v) is 4.55. The van der Waals surface area contributed by atoms with E-state index in [1.54, 1.807) is 4.68 Å². The normalized spacial score (nSPS) is 23.3. The van der Waals surface area contributed by atoms with Crippen LogP contribution in [0.25, 0.3) is 0 Å². The SMILES string of the molecule is Cc1nc([C@@]2(c3ccc(F)cc3)CC2(C)C)n(CCO)n1. The number of aromatic nitrogens is 3. The highest BCUT2D eigenvalue weighted by Crippen LogP contribution is 2.67. The number of benzene rings is 1. The summed E-state index contributed by atoms with van der Waals surface area (Å²) in [5.41, 5.74) is 0.842. The van der Waals surface area contributed by atoms with Gasteiger partial charge >= 0.3 is 0 Å². The van der Waals surface area contributed by atoms with Crippen LogP contribution in [-0.4, -0.2) is 26.5 Å². The zero-order valence-corrected chi connectivity index (χ0v) is 12.6. The maximum Gasteiger partial charge on any atom is 0.147 e. The number of aliphatic hydroxyl groups is 1. The number of rotatable bonds is 4. The summed E-state index contributed by atoms with van der Waals surface area (Å²) in [6, 6.07) is 6.64. The highest BCUT2D eigenvalue weighted by atomic mass is 19.1. The van der Waals surface area contributed by atoms with Gasteiger partial charge in [-0.1, -0.05) is 26.0 Å². The molecule has 0 amide bonds. The summed E-state index contributed by atoms with van der Waals surface area (Å²) in [5.74, 6) is 1.33. The van der Waals surface area contributed by atoms with Gasteiger partial charge in [-0.3, -0.25) is 0 Å². The predicted molar refractivity (Wildman–Crippen MR) is 77.4 cm³/mol. The van der Waals surface area contributed by atoms with Gasteiger partial charge in [-0.15, -0.1) is 0 Å². The predicted octanol–water partition coefficient (Wildman–Crippen LogP) is 2.43. The van der Waals surface area contributed by atoms with E-state index in [1.165, 1.54) is 12.1 Å². The summed E-state index contributed by atoms with van der Waals surface area (Å²) in [6.07, 6.45) is 0.940.